The van der Waals surface area contributed by atoms with Gasteiger partial charge in [0.15, 0.2) is 6.79 Å². The number of ether oxygens (including phenoxy) is 12. The summed E-state index contributed by atoms with van der Waals surface area (Å²) in [5, 5.41) is 0. The minimum Gasteiger partial charge on any atom is -0.464 e. The number of fused-ring (bicyclic) bond motifs is 6. The smallest absolute Gasteiger partial charge is 0.305 e. The van der Waals surface area contributed by atoms with Crippen LogP contribution in [0.4, 0.5) is 0 Å². The lowest BCUT2D eigenvalue weighted by Gasteiger charge is -2.64. The van der Waals surface area contributed by atoms with E-state index in [1.54, 1.807) is 7.11 Å². The lowest BCUT2D eigenvalue weighted by molar-refractivity contribution is -0.336. The molecule has 8 rings (SSSR count). The molecule has 22 nitrogen and oxygen atoms in total. The number of hydrogen-bond acceptors (Lipinski definition) is 21. The number of carbonyl (C=O) groups is 4. The third-order valence-electron chi connectivity index (χ3n) is 18.4. The molecule has 84 heavy (non-hydrogen) atoms. The van der Waals surface area contributed by atoms with Gasteiger partial charge in [-0.3, -0.25) is 29.0 Å². The van der Waals surface area contributed by atoms with Crippen molar-refractivity contribution >= 4 is 34.9 Å². The molecule has 6 aliphatic rings. The standard InChI is InChI=1S/C36H57NO9.C14H20N2O3.C12H25NO6/c1-22(7-10-33(41)43-18-15-37-13-16-42-17-14-37)28-8-9-29-34-30(21-32(36(28,29)6)46-25(4)40)35(5)12-11-27(44-23(2)38)19-26(35)20-31(34)45-24(3)39;1-17-8-9-19-11-10-18-7-6-16-12-15-13-4-2-3-5-14(13)16;1-14-12-19-18-11-10-17-9-8-16-7-4-13-2-5-15-6-3-13/h22,26-32,34H,7-21H2,1-6H3;2-5,12H,6-11H2,1H3;2-12H2,1H3/t22?,26-,27+,28+,29-,30-,31+,32-,34-,35-,36+;;/m0../s1. The largest absolute Gasteiger partial charge is 0.464 e. The van der Waals surface area contributed by atoms with Crippen LogP contribution in [-0.4, -0.2) is 221 Å². The molecule has 1 aromatic heterocycles. The zero-order chi connectivity index (χ0) is 60.2. The molecular formula is C62H102N4O18. The van der Waals surface area contributed by atoms with Gasteiger partial charge in [-0.15, -0.1) is 0 Å². The average Bonchev–Trinajstić information content (AvgIpc) is 1.70. The highest BCUT2D eigenvalue weighted by Crippen LogP contribution is 2.69. The van der Waals surface area contributed by atoms with Crippen LogP contribution < -0.4 is 0 Å². The van der Waals surface area contributed by atoms with E-state index in [1.165, 1.54) is 27.9 Å². The Morgan fingerprint density at radius 2 is 1.26 bits per heavy atom. The van der Waals surface area contributed by atoms with Gasteiger partial charge in [0.2, 0.25) is 0 Å². The molecule has 1 unspecified atom stereocenters. The third-order valence-corrected chi connectivity index (χ3v) is 18.4. The molecule has 4 aliphatic carbocycles. The van der Waals surface area contributed by atoms with Crippen LogP contribution in [0.3, 0.4) is 0 Å². The number of rotatable bonds is 31. The van der Waals surface area contributed by atoms with E-state index in [1.807, 2.05) is 24.5 Å². The Hall–Kier alpha value is -3.91. The van der Waals surface area contributed by atoms with Gasteiger partial charge in [-0.1, -0.05) is 32.9 Å². The van der Waals surface area contributed by atoms with Crippen molar-refractivity contribution in [2.45, 2.75) is 124 Å². The molecule has 2 saturated heterocycles. The van der Waals surface area contributed by atoms with Crippen molar-refractivity contribution in [2.75, 3.05) is 159 Å². The van der Waals surface area contributed by atoms with E-state index >= 15 is 0 Å². The van der Waals surface area contributed by atoms with Crippen LogP contribution in [-0.2, 0) is 92.3 Å². The molecule has 11 atom stereocenters. The van der Waals surface area contributed by atoms with Crippen LogP contribution in [0.15, 0.2) is 30.6 Å². The lowest BCUT2D eigenvalue weighted by Crippen LogP contribution is -2.63. The first kappa shape index (κ1) is 69.2. The molecule has 2 aliphatic heterocycles. The Kier molecular flexibility index (Phi) is 30.5. The van der Waals surface area contributed by atoms with E-state index < -0.39 is 0 Å². The fraction of sp³-hybridized carbons (Fsp3) is 0.823. The molecule has 0 bridgehead atoms. The first-order valence-electron chi connectivity index (χ1n) is 30.9. The molecule has 1 aromatic carbocycles. The number of benzene rings is 1. The van der Waals surface area contributed by atoms with E-state index in [0.717, 1.165) is 141 Å². The van der Waals surface area contributed by atoms with Gasteiger partial charge < -0.3 is 61.4 Å². The summed E-state index contributed by atoms with van der Waals surface area (Å²) in [7, 11) is 3.20. The molecule has 478 valence electrons. The number of nitrogens with zero attached hydrogens (tertiary/aromatic N) is 4. The second-order valence-corrected chi connectivity index (χ2v) is 23.6. The Morgan fingerprint density at radius 3 is 1.90 bits per heavy atom. The van der Waals surface area contributed by atoms with Gasteiger partial charge in [-0.25, -0.2) is 14.8 Å². The summed E-state index contributed by atoms with van der Waals surface area (Å²) >= 11 is 0. The Bertz CT molecular complexity index is 2210. The number of aromatic nitrogens is 2. The van der Waals surface area contributed by atoms with E-state index in [4.69, 9.17) is 57.0 Å². The van der Waals surface area contributed by atoms with Crippen molar-refractivity contribution in [1.29, 1.82) is 0 Å². The molecule has 0 amide bonds. The second kappa shape index (κ2) is 37.1. The van der Waals surface area contributed by atoms with Crippen molar-refractivity contribution in [2.24, 2.45) is 46.3 Å². The van der Waals surface area contributed by atoms with Crippen LogP contribution in [0.5, 0.6) is 0 Å². The quantitative estimate of drug-likeness (QED) is 0.0194. The number of para-hydroxylation sites is 2. The Balaban J connectivity index is 0.000000244. The lowest BCUT2D eigenvalue weighted by atomic mass is 9.43. The Labute approximate surface area is 498 Å². The first-order valence-corrected chi connectivity index (χ1v) is 30.9. The summed E-state index contributed by atoms with van der Waals surface area (Å²) in [6.07, 6.45) is 8.28. The predicted octanol–water partition coefficient (Wildman–Crippen LogP) is 6.57. The topological polar surface area (TPSA) is 222 Å². The summed E-state index contributed by atoms with van der Waals surface area (Å²) in [6, 6.07) is 8.09. The van der Waals surface area contributed by atoms with Crippen LogP contribution in [0.2, 0.25) is 0 Å². The van der Waals surface area contributed by atoms with Gasteiger partial charge in [0, 0.05) is 98.6 Å². The molecule has 0 N–H and O–H groups in total. The minimum absolute atomic E-state index is 0.0353. The highest BCUT2D eigenvalue weighted by atomic mass is 17.2. The molecule has 0 spiro atoms. The molecule has 4 saturated carbocycles. The minimum atomic E-state index is -0.303. The summed E-state index contributed by atoms with van der Waals surface area (Å²) < 4.78 is 67.6. The number of hydrogen-bond donors (Lipinski definition) is 0. The van der Waals surface area contributed by atoms with Crippen molar-refractivity contribution in [3.63, 3.8) is 0 Å². The van der Waals surface area contributed by atoms with E-state index in [0.29, 0.717) is 72.5 Å². The fourth-order valence-corrected chi connectivity index (χ4v) is 14.2. The van der Waals surface area contributed by atoms with Crippen molar-refractivity contribution in [3.05, 3.63) is 30.6 Å². The van der Waals surface area contributed by atoms with Crippen LogP contribution >= 0.6 is 0 Å². The molecule has 6 fully saturated rings. The predicted molar refractivity (Wildman–Crippen MR) is 310 cm³/mol. The summed E-state index contributed by atoms with van der Waals surface area (Å²) in [4.78, 5) is 68.0. The van der Waals surface area contributed by atoms with Crippen molar-refractivity contribution in [1.82, 2.24) is 19.4 Å². The highest BCUT2D eigenvalue weighted by Gasteiger charge is 2.67. The number of methoxy groups -OCH3 is 2. The maximum absolute atomic E-state index is 12.8. The molecule has 2 aromatic rings. The third kappa shape index (κ3) is 21.4. The molecule has 3 heterocycles. The second-order valence-electron chi connectivity index (χ2n) is 23.6. The zero-order valence-corrected chi connectivity index (χ0v) is 51.8. The first-order chi connectivity index (χ1) is 40.7. The summed E-state index contributed by atoms with van der Waals surface area (Å²) in [6.45, 7) is 27.1. The van der Waals surface area contributed by atoms with Gasteiger partial charge in [-0.2, -0.15) is 0 Å². The maximum atomic E-state index is 12.8. The van der Waals surface area contributed by atoms with Crippen molar-refractivity contribution < 1.29 is 85.8 Å². The number of carbonyl (C=O) groups excluding carboxylic acids is 4. The maximum Gasteiger partial charge on any atom is 0.305 e. The zero-order valence-electron chi connectivity index (χ0n) is 51.8. The van der Waals surface area contributed by atoms with Gasteiger partial charge in [-0.05, 0) is 98.5 Å². The molecule has 0 radical (unpaired) electrons. The number of esters is 4. The van der Waals surface area contributed by atoms with Crippen LogP contribution in [0.25, 0.3) is 11.0 Å². The number of imidazole rings is 1. The normalized spacial score (nSPS) is 28.0. The fourth-order valence-electron chi connectivity index (χ4n) is 14.2. The van der Waals surface area contributed by atoms with Crippen LogP contribution in [0.1, 0.15) is 99.3 Å². The number of morpholine rings is 2. The van der Waals surface area contributed by atoms with Gasteiger partial charge >= 0.3 is 23.9 Å². The molecular weight excluding hydrogens is 1090 g/mol. The van der Waals surface area contributed by atoms with Gasteiger partial charge in [0.25, 0.3) is 0 Å². The summed E-state index contributed by atoms with van der Waals surface area (Å²) in [5.41, 5.74) is 1.82. The molecule has 22 heteroatoms. The van der Waals surface area contributed by atoms with Crippen LogP contribution in [0, 0.1) is 46.3 Å². The van der Waals surface area contributed by atoms with Gasteiger partial charge in [0.1, 0.15) is 31.5 Å². The average molecular weight is 1190 g/mol. The van der Waals surface area contributed by atoms with Crippen molar-refractivity contribution in [3.8, 4) is 0 Å². The Morgan fingerprint density at radius 1 is 0.655 bits per heavy atom. The highest BCUT2D eigenvalue weighted by molar-refractivity contribution is 5.75. The van der Waals surface area contributed by atoms with E-state index in [-0.39, 0.29) is 95.3 Å². The van der Waals surface area contributed by atoms with Gasteiger partial charge in [0.05, 0.1) is 103 Å². The summed E-state index contributed by atoms with van der Waals surface area (Å²) in [5.74, 6) is 0.376. The van der Waals surface area contributed by atoms with E-state index in [2.05, 4.69) is 55.8 Å². The monoisotopic (exact) mass is 1190 g/mol. The van der Waals surface area contributed by atoms with E-state index in [9.17, 15) is 19.2 Å². The SMILES string of the molecule is CC(=O)O[C@@H]1CC[C@@]2(C)[C@@H](C1)C[C@@H](OC(C)=O)[C@@H]1[C@@H]2C[C@H](OC(C)=O)[C@]2(C)[C@@H](C(C)CCC(=O)OCCN3CCOCC3)CC[C@@H]12.COCCOCCOCCn1cnc2ccccc21.COCOOCCOCCOCCN1CCOCC1.